The van der Waals surface area contributed by atoms with Gasteiger partial charge in [-0.05, 0) is 25.3 Å². The summed E-state index contributed by atoms with van der Waals surface area (Å²) in [6, 6.07) is 0. The maximum Gasteiger partial charge on any atom is 0.251 e. The molecule has 0 aromatic heterocycles. The minimum absolute atomic E-state index is 0.0625. The SMILES string of the molecule is CN(CC(F)F)CC1CC(C)(C)CCC1=O. The third kappa shape index (κ3) is 4.16. The van der Waals surface area contributed by atoms with E-state index in [-0.39, 0.29) is 23.7 Å². The van der Waals surface area contributed by atoms with Gasteiger partial charge in [-0.1, -0.05) is 13.8 Å². The molecule has 1 fully saturated rings. The van der Waals surface area contributed by atoms with Crippen LogP contribution in [0.1, 0.15) is 33.1 Å². The normalized spacial score (nSPS) is 25.4. The molecule has 0 aromatic rings. The zero-order valence-electron chi connectivity index (χ0n) is 10.3. The summed E-state index contributed by atoms with van der Waals surface area (Å²) in [5.41, 5.74) is 0.171. The molecule has 0 aliphatic heterocycles. The Bertz CT molecular complexity index is 253. The van der Waals surface area contributed by atoms with Crippen LogP contribution in [0.4, 0.5) is 8.78 Å². The fourth-order valence-electron chi connectivity index (χ4n) is 2.40. The number of nitrogens with zero attached hydrogens (tertiary/aromatic N) is 1. The zero-order chi connectivity index (χ0) is 12.3. The molecular formula is C12H21F2NO. The highest BCUT2D eigenvalue weighted by Crippen LogP contribution is 2.36. The molecule has 1 unspecified atom stereocenters. The molecule has 1 atom stereocenters. The lowest BCUT2D eigenvalue weighted by atomic mass is 9.71. The Kier molecular flexibility index (Phi) is 4.42. The molecule has 0 heterocycles. The summed E-state index contributed by atoms with van der Waals surface area (Å²) < 4.78 is 24.3. The van der Waals surface area contributed by atoms with Crippen molar-refractivity contribution >= 4 is 5.78 Å². The van der Waals surface area contributed by atoms with Gasteiger partial charge in [0, 0.05) is 18.9 Å². The second-order valence-corrected chi connectivity index (χ2v) is 5.64. The number of alkyl halides is 2. The van der Waals surface area contributed by atoms with Crippen LogP contribution in [0.2, 0.25) is 0 Å². The van der Waals surface area contributed by atoms with E-state index in [0.29, 0.717) is 13.0 Å². The van der Waals surface area contributed by atoms with Crippen molar-refractivity contribution in [3.63, 3.8) is 0 Å². The number of hydrogen-bond donors (Lipinski definition) is 0. The van der Waals surface area contributed by atoms with Crippen LogP contribution in [-0.2, 0) is 4.79 Å². The molecule has 1 rings (SSSR count). The van der Waals surface area contributed by atoms with Gasteiger partial charge in [0.05, 0.1) is 6.54 Å². The van der Waals surface area contributed by atoms with E-state index in [1.807, 2.05) is 0 Å². The highest BCUT2D eigenvalue weighted by molar-refractivity contribution is 5.82. The molecule has 94 valence electrons. The highest BCUT2D eigenvalue weighted by Gasteiger charge is 2.34. The average Bonchev–Trinajstić information content (AvgIpc) is 2.09. The summed E-state index contributed by atoms with van der Waals surface area (Å²) in [6.45, 7) is 4.50. The van der Waals surface area contributed by atoms with Crippen molar-refractivity contribution in [2.75, 3.05) is 20.1 Å². The monoisotopic (exact) mass is 233 g/mol. The van der Waals surface area contributed by atoms with Gasteiger partial charge in [0.2, 0.25) is 0 Å². The Morgan fingerprint density at radius 1 is 1.50 bits per heavy atom. The van der Waals surface area contributed by atoms with Gasteiger partial charge in [-0.3, -0.25) is 4.79 Å². The number of hydrogen-bond acceptors (Lipinski definition) is 2. The lowest BCUT2D eigenvalue weighted by Gasteiger charge is -2.35. The standard InChI is InChI=1S/C12H21F2NO/c1-12(2)5-4-10(16)9(6-12)7-15(3)8-11(13)14/h9,11H,4-8H2,1-3H3. The molecule has 0 radical (unpaired) electrons. The van der Waals surface area contributed by atoms with E-state index in [2.05, 4.69) is 13.8 Å². The topological polar surface area (TPSA) is 20.3 Å². The van der Waals surface area contributed by atoms with Gasteiger partial charge in [-0.15, -0.1) is 0 Å². The fraction of sp³-hybridized carbons (Fsp3) is 0.917. The second kappa shape index (κ2) is 5.21. The first kappa shape index (κ1) is 13.6. The molecule has 0 saturated heterocycles. The fourth-order valence-corrected chi connectivity index (χ4v) is 2.40. The van der Waals surface area contributed by atoms with Crippen LogP contribution >= 0.6 is 0 Å². The van der Waals surface area contributed by atoms with Crippen molar-refractivity contribution in [3.8, 4) is 0 Å². The number of ketones is 1. The molecule has 0 bridgehead atoms. The van der Waals surface area contributed by atoms with Gasteiger partial charge in [0.1, 0.15) is 5.78 Å². The summed E-state index contributed by atoms with van der Waals surface area (Å²) in [5, 5.41) is 0. The minimum atomic E-state index is -2.32. The van der Waals surface area contributed by atoms with Crippen LogP contribution < -0.4 is 0 Å². The predicted octanol–water partition coefficient (Wildman–Crippen LogP) is 2.58. The van der Waals surface area contributed by atoms with Crippen molar-refractivity contribution < 1.29 is 13.6 Å². The zero-order valence-corrected chi connectivity index (χ0v) is 10.3. The van der Waals surface area contributed by atoms with Gasteiger partial charge in [0.25, 0.3) is 6.43 Å². The Labute approximate surface area is 96.0 Å². The van der Waals surface area contributed by atoms with Crippen LogP contribution in [0.15, 0.2) is 0 Å². The number of halogens is 2. The first-order valence-electron chi connectivity index (χ1n) is 5.79. The summed E-state index contributed by atoms with van der Waals surface area (Å²) in [6.07, 6.45) is 0.0113. The summed E-state index contributed by atoms with van der Waals surface area (Å²) in [7, 11) is 1.65. The third-order valence-corrected chi connectivity index (χ3v) is 3.28. The van der Waals surface area contributed by atoms with Crippen LogP contribution in [-0.4, -0.2) is 37.2 Å². The number of rotatable bonds is 4. The van der Waals surface area contributed by atoms with E-state index in [0.717, 1.165) is 12.8 Å². The van der Waals surface area contributed by atoms with E-state index >= 15 is 0 Å². The van der Waals surface area contributed by atoms with Crippen LogP contribution in [0.5, 0.6) is 0 Å². The van der Waals surface area contributed by atoms with E-state index in [4.69, 9.17) is 0 Å². The van der Waals surface area contributed by atoms with Gasteiger partial charge in [-0.2, -0.15) is 0 Å². The number of carbonyl (C=O) groups excluding carboxylic acids is 1. The maximum atomic E-state index is 12.2. The molecule has 16 heavy (non-hydrogen) atoms. The smallest absolute Gasteiger partial charge is 0.251 e. The van der Waals surface area contributed by atoms with Crippen molar-refractivity contribution in [1.82, 2.24) is 4.90 Å². The Hall–Kier alpha value is -0.510. The molecule has 0 aromatic carbocycles. The van der Waals surface area contributed by atoms with Crippen molar-refractivity contribution in [2.24, 2.45) is 11.3 Å². The second-order valence-electron chi connectivity index (χ2n) is 5.64. The summed E-state index contributed by atoms with van der Waals surface area (Å²) in [5.74, 6) is 0.174. The third-order valence-electron chi connectivity index (χ3n) is 3.28. The minimum Gasteiger partial charge on any atom is -0.300 e. The van der Waals surface area contributed by atoms with E-state index in [1.165, 1.54) is 0 Å². The molecule has 1 aliphatic rings. The molecule has 4 heteroatoms. The number of carbonyl (C=O) groups is 1. The Balaban J connectivity index is 2.48. The van der Waals surface area contributed by atoms with Gasteiger partial charge in [0.15, 0.2) is 0 Å². The van der Waals surface area contributed by atoms with Crippen molar-refractivity contribution in [3.05, 3.63) is 0 Å². The molecule has 0 spiro atoms. The van der Waals surface area contributed by atoms with Crippen LogP contribution in [0.25, 0.3) is 0 Å². The largest absolute Gasteiger partial charge is 0.300 e. The van der Waals surface area contributed by atoms with Crippen molar-refractivity contribution in [1.29, 1.82) is 0 Å². The van der Waals surface area contributed by atoms with Gasteiger partial charge >= 0.3 is 0 Å². The molecule has 0 N–H and O–H groups in total. The maximum absolute atomic E-state index is 12.2. The molecular weight excluding hydrogens is 212 g/mol. The highest BCUT2D eigenvalue weighted by atomic mass is 19.3. The van der Waals surface area contributed by atoms with Crippen LogP contribution in [0.3, 0.4) is 0 Å². The summed E-state index contributed by atoms with van der Waals surface area (Å²) in [4.78, 5) is 13.3. The van der Waals surface area contributed by atoms with E-state index in [9.17, 15) is 13.6 Å². The molecule has 1 saturated carbocycles. The van der Waals surface area contributed by atoms with Crippen molar-refractivity contribution in [2.45, 2.75) is 39.5 Å². The van der Waals surface area contributed by atoms with Crippen LogP contribution in [0, 0.1) is 11.3 Å². The van der Waals surface area contributed by atoms with Gasteiger partial charge < -0.3 is 4.90 Å². The lowest BCUT2D eigenvalue weighted by molar-refractivity contribution is -0.127. The number of Topliss-reactive ketones (excluding diaryl/α,β-unsaturated/α-hetero) is 1. The Morgan fingerprint density at radius 2 is 2.12 bits per heavy atom. The molecule has 1 aliphatic carbocycles. The first-order chi connectivity index (χ1) is 7.30. The summed E-state index contributed by atoms with van der Waals surface area (Å²) >= 11 is 0. The van der Waals surface area contributed by atoms with E-state index in [1.54, 1.807) is 11.9 Å². The average molecular weight is 233 g/mol. The van der Waals surface area contributed by atoms with Gasteiger partial charge in [-0.25, -0.2) is 8.78 Å². The molecule has 0 amide bonds. The first-order valence-corrected chi connectivity index (χ1v) is 5.79. The lowest BCUT2D eigenvalue weighted by Crippen LogP contribution is -2.38. The Morgan fingerprint density at radius 3 is 2.69 bits per heavy atom. The quantitative estimate of drug-likeness (QED) is 0.744. The molecule has 2 nitrogen and oxygen atoms in total. The van der Waals surface area contributed by atoms with E-state index < -0.39 is 6.43 Å². The predicted molar refractivity (Wildman–Crippen MR) is 59.6 cm³/mol.